The first-order valence-electron chi connectivity index (χ1n) is 8.43. The van der Waals surface area contributed by atoms with Crippen molar-refractivity contribution in [2.45, 2.75) is 6.54 Å². The Hall–Kier alpha value is -3.68. The Bertz CT molecular complexity index is 964. The van der Waals surface area contributed by atoms with Crippen LogP contribution < -0.4 is 20.1 Å². The van der Waals surface area contributed by atoms with E-state index in [0.717, 1.165) is 5.56 Å². The Balaban J connectivity index is 1.60. The average Bonchev–Trinajstić information content (AvgIpc) is 2.72. The van der Waals surface area contributed by atoms with E-state index in [1.54, 1.807) is 20.3 Å². The summed E-state index contributed by atoms with van der Waals surface area (Å²) in [6.07, 6.45) is 2.80. The summed E-state index contributed by atoms with van der Waals surface area (Å²) in [6.45, 7) is 0.467. The molecule has 0 aliphatic rings. The molecule has 0 unspecified atom stereocenters. The van der Waals surface area contributed by atoms with Gasteiger partial charge in [-0.1, -0.05) is 12.1 Å². The zero-order valence-corrected chi connectivity index (χ0v) is 15.4. The van der Waals surface area contributed by atoms with Crippen LogP contribution in [0.15, 0.2) is 54.9 Å². The van der Waals surface area contributed by atoms with Crippen LogP contribution in [0.5, 0.6) is 11.5 Å². The van der Waals surface area contributed by atoms with E-state index < -0.39 is 11.7 Å². The molecular weight excluding hydrogens is 363 g/mol. The van der Waals surface area contributed by atoms with E-state index in [2.05, 4.69) is 20.6 Å². The van der Waals surface area contributed by atoms with Crippen molar-refractivity contribution in [3.05, 3.63) is 71.8 Å². The van der Waals surface area contributed by atoms with Crippen LogP contribution in [0, 0.1) is 5.82 Å². The lowest BCUT2D eigenvalue weighted by Crippen LogP contribution is -2.13. The number of carbonyl (C=O) groups excluding carboxylic acids is 1. The van der Waals surface area contributed by atoms with Gasteiger partial charge in [0, 0.05) is 24.6 Å². The van der Waals surface area contributed by atoms with Gasteiger partial charge < -0.3 is 20.1 Å². The fourth-order valence-electron chi connectivity index (χ4n) is 2.48. The minimum atomic E-state index is -0.427. The topological polar surface area (TPSA) is 85.4 Å². The smallest absolute Gasteiger partial charge is 0.258 e. The molecule has 2 aromatic carbocycles. The Labute approximate surface area is 161 Å². The van der Waals surface area contributed by atoms with Gasteiger partial charge >= 0.3 is 0 Å². The first kappa shape index (κ1) is 19.1. The molecule has 0 aliphatic carbocycles. The number of hydrogen-bond acceptors (Lipinski definition) is 6. The van der Waals surface area contributed by atoms with Crippen LogP contribution >= 0.6 is 0 Å². The number of nitrogens with one attached hydrogen (secondary N) is 2. The van der Waals surface area contributed by atoms with Crippen molar-refractivity contribution < 1.29 is 18.7 Å². The lowest BCUT2D eigenvalue weighted by molar-refractivity contribution is 0.102. The van der Waals surface area contributed by atoms with Crippen LogP contribution in [0.3, 0.4) is 0 Å². The van der Waals surface area contributed by atoms with Gasteiger partial charge in [-0.2, -0.15) is 0 Å². The summed E-state index contributed by atoms with van der Waals surface area (Å²) in [6, 6.07) is 11.2. The molecule has 0 bridgehead atoms. The van der Waals surface area contributed by atoms with Gasteiger partial charge in [0.1, 0.15) is 5.82 Å². The fourth-order valence-corrected chi connectivity index (χ4v) is 2.48. The molecule has 3 aromatic rings. The monoisotopic (exact) mass is 382 g/mol. The van der Waals surface area contributed by atoms with Gasteiger partial charge in [0.25, 0.3) is 5.91 Å². The molecule has 0 saturated carbocycles. The maximum atomic E-state index is 13.2. The maximum absolute atomic E-state index is 13.2. The molecule has 0 radical (unpaired) electrons. The van der Waals surface area contributed by atoms with Crippen molar-refractivity contribution >= 4 is 17.5 Å². The zero-order valence-electron chi connectivity index (χ0n) is 15.4. The van der Waals surface area contributed by atoms with Gasteiger partial charge in [-0.15, -0.1) is 0 Å². The van der Waals surface area contributed by atoms with Crippen molar-refractivity contribution in [3.8, 4) is 11.5 Å². The molecule has 1 heterocycles. The van der Waals surface area contributed by atoms with Crippen LogP contribution in [0.4, 0.5) is 16.0 Å². The second-order valence-electron chi connectivity index (χ2n) is 5.80. The molecule has 144 valence electrons. The summed E-state index contributed by atoms with van der Waals surface area (Å²) in [5.41, 5.74) is 1.58. The number of anilines is 2. The third kappa shape index (κ3) is 4.73. The van der Waals surface area contributed by atoms with Gasteiger partial charge in [-0.05, 0) is 35.9 Å². The van der Waals surface area contributed by atoms with Crippen LogP contribution in [0.1, 0.15) is 15.9 Å². The minimum absolute atomic E-state index is 0.265. The number of methoxy groups -OCH3 is 2. The number of nitrogens with zero attached hydrogens (tertiary/aromatic N) is 2. The highest BCUT2D eigenvalue weighted by atomic mass is 19.1. The molecule has 0 aliphatic heterocycles. The molecular formula is C20H19FN4O3. The van der Waals surface area contributed by atoms with Crippen LogP contribution in [-0.2, 0) is 6.54 Å². The van der Waals surface area contributed by atoms with E-state index in [0.29, 0.717) is 29.7 Å². The van der Waals surface area contributed by atoms with E-state index in [4.69, 9.17) is 9.47 Å². The SMILES string of the molecule is COc1ccc(CNc2ncc(C(=O)Nc3cccc(F)c3)cn2)cc1OC. The van der Waals surface area contributed by atoms with Gasteiger partial charge in [-0.3, -0.25) is 4.79 Å². The average molecular weight is 382 g/mol. The van der Waals surface area contributed by atoms with Crippen molar-refractivity contribution in [2.75, 3.05) is 24.9 Å². The summed E-state index contributed by atoms with van der Waals surface area (Å²) >= 11 is 0. The second kappa shape index (κ2) is 8.81. The van der Waals surface area contributed by atoms with Crippen molar-refractivity contribution in [2.24, 2.45) is 0 Å². The molecule has 0 atom stereocenters. The summed E-state index contributed by atoms with van der Waals surface area (Å²) in [7, 11) is 3.15. The number of ether oxygens (including phenoxy) is 2. The highest BCUT2D eigenvalue weighted by molar-refractivity contribution is 6.03. The first-order valence-corrected chi connectivity index (χ1v) is 8.43. The Morgan fingerprint density at radius 2 is 1.79 bits per heavy atom. The second-order valence-corrected chi connectivity index (χ2v) is 5.80. The van der Waals surface area contributed by atoms with E-state index in [9.17, 15) is 9.18 Å². The van der Waals surface area contributed by atoms with Gasteiger partial charge in [0.2, 0.25) is 5.95 Å². The van der Waals surface area contributed by atoms with E-state index in [1.807, 2.05) is 18.2 Å². The van der Waals surface area contributed by atoms with Crippen molar-refractivity contribution in [1.29, 1.82) is 0 Å². The van der Waals surface area contributed by atoms with Gasteiger partial charge in [0.15, 0.2) is 11.5 Å². The summed E-state index contributed by atoms with van der Waals surface area (Å²) in [4.78, 5) is 20.5. The van der Waals surface area contributed by atoms with E-state index >= 15 is 0 Å². The fraction of sp³-hybridized carbons (Fsp3) is 0.150. The summed E-state index contributed by atoms with van der Waals surface area (Å²) < 4.78 is 23.7. The minimum Gasteiger partial charge on any atom is -0.493 e. The lowest BCUT2D eigenvalue weighted by Gasteiger charge is -2.10. The van der Waals surface area contributed by atoms with E-state index in [-0.39, 0.29) is 5.56 Å². The maximum Gasteiger partial charge on any atom is 0.258 e. The predicted molar refractivity (Wildman–Crippen MR) is 103 cm³/mol. The Kier molecular flexibility index (Phi) is 6.01. The van der Waals surface area contributed by atoms with Crippen LogP contribution in [-0.4, -0.2) is 30.1 Å². The van der Waals surface area contributed by atoms with Gasteiger partial charge in [-0.25, -0.2) is 14.4 Å². The third-order valence-corrected chi connectivity index (χ3v) is 3.90. The number of aromatic nitrogens is 2. The number of hydrogen-bond donors (Lipinski definition) is 2. The molecule has 1 amide bonds. The van der Waals surface area contributed by atoms with Crippen LogP contribution in [0.25, 0.3) is 0 Å². The number of halogens is 1. The Morgan fingerprint density at radius 1 is 1.04 bits per heavy atom. The molecule has 1 aromatic heterocycles. The van der Waals surface area contributed by atoms with E-state index in [1.165, 1.54) is 30.6 Å². The highest BCUT2D eigenvalue weighted by Crippen LogP contribution is 2.27. The third-order valence-electron chi connectivity index (χ3n) is 3.90. The number of amides is 1. The number of benzene rings is 2. The normalized spacial score (nSPS) is 10.2. The lowest BCUT2D eigenvalue weighted by atomic mass is 10.2. The Morgan fingerprint density at radius 3 is 2.46 bits per heavy atom. The van der Waals surface area contributed by atoms with Crippen molar-refractivity contribution in [3.63, 3.8) is 0 Å². The molecule has 7 nitrogen and oxygen atoms in total. The van der Waals surface area contributed by atoms with Crippen LogP contribution in [0.2, 0.25) is 0 Å². The summed E-state index contributed by atoms with van der Waals surface area (Å²) in [5, 5.41) is 5.67. The zero-order chi connectivity index (χ0) is 19.9. The number of rotatable bonds is 7. The molecule has 8 heteroatoms. The molecule has 28 heavy (non-hydrogen) atoms. The summed E-state index contributed by atoms with van der Waals surface area (Å²) in [5.74, 6) is 0.807. The quantitative estimate of drug-likeness (QED) is 0.651. The molecule has 2 N–H and O–H groups in total. The molecule has 3 rings (SSSR count). The van der Waals surface area contributed by atoms with Gasteiger partial charge in [0.05, 0.1) is 19.8 Å². The highest BCUT2D eigenvalue weighted by Gasteiger charge is 2.09. The standard InChI is InChI=1S/C20H19FN4O3/c1-27-17-7-6-13(8-18(17)28-2)10-22-20-23-11-14(12-24-20)19(26)25-16-5-3-4-15(21)9-16/h3-9,11-12H,10H2,1-2H3,(H,25,26)(H,22,23,24). The largest absolute Gasteiger partial charge is 0.493 e. The number of carbonyl (C=O) groups is 1. The predicted octanol–water partition coefficient (Wildman–Crippen LogP) is 3.50. The van der Waals surface area contributed by atoms with Crippen molar-refractivity contribution in [1.82, 2.24) is 9.97 Å². The first-order chi connectivity index (χ1) is 13.6. The molecule has 0 fully saturated rings. The molecule has 0 saturated heterocycles. The molecule has 0 spiro atoms.